The Kier molecular flexibility index (Phi) is 4.29. The fraction of sp³-hybridized carbons (Fsp3) is 0.312. The minimum Gasteiger partial charge on any atom is -0.479 e. The number of hydrogen-bond donors (Lipinski definition) is 2. The van der Waals surface area contributed by atoms with Crippen LogP contribution in [0.3, 0.4) is 0 Å². The van der Waals surface area contributed by atoms with E-state index >= 15 is 0 Å². The van der Waals surface area contributed by atoms with Gasteiger partial charge in [-0.25, -0.2) is 4.79 Å². The predicted octanol–water partition coefficient (Wildman–Crippen LogP) is 2.05. The van der Waals surface area contributed by atoms with Gasteiger partial charge in [-0.3, -0.25) is 4.79 Å². The molecule has 126 valence electrons. The summed E-state index contributed by atoms with van der Waals surface area (Å²) in [5.41, 5.74) is -0.889. The predicted molar refractivity (Wildman–Crippen MR) is 84.7 cm³/mol. The van der Waals surface area contributed by atoms with Crippen LogP contribution in [0.2, 0.25) is 5.02 Å². The Morgan fingerprint density at radius 2 is 1.83 bits per heavy atom. The summed E-state index contributed by atoms with van der Waals surface area (Å²) in [4.78, 5) is 24.9. The maximum absolute atomic E-state index is 12.4. The third-order valence-corrected chi connectivity index (χ3v) is 4.39. The Hall–Kier alpha value is -2.38. The Bertz CT molecular complexity index is 763. The van der Waals surface area contributed by atoms with Crippen molar-refractivity contribution in [3.05, 3.63) is 41.0 Å². The molecule has 0 unspecified atom stereocenters. The van der Waals surface area contributed by atoms with E-state index in [2.05, 4.69) is 5.16 Å². The van der Waals surface area contributed by atoms with E-state index in [1.165, 1.54) is 11.0 Å². The van der Waals surface area contributed by atoms with Gasteiger partial charge in [-0.1, -0.05) is 16.8 Å². The molecule has 1 aromatic carbocycles. The number of carboxylic acid groups (broad SMARTS) is 1. The maximum atomic E-state index is 12.4. The van der Waals surface area contributed by atoms with Gasteiger partial charge in [0.05, 0.1) is 0 Å². The number of nitrogens with zero attached hydrogens (tertiary/aromatic N) is 2. The van der Waals surface area contributed by atoms with Gasteiger partial charge in [-0.15, -0.1) is 0 Å². The zero-order valence-electron chi connectivity index (χ0n) is 12.6. The van der Waals surface area contributed by atoms with Crippen molar-refractivity contribution in [2.24, 2.45) is 0 Å². The molecule has 24 heavy (non-hydrogen) atoms. The quantitative estimate of drug-likeness (QED) is 0.878. The summed E-state index contributed by atoms with van der Waals surface area (Å²) >= 11 is 5.83. The van der Waals surface area contributed by atoms with Crippen LogP contribution < -0.4 is 0 Å². The highest BCUT2D eigenvalue weighted by atomic mass is 35.5. The lowest BCUT2D eigenvalue weighted by molar-refractivity contribution is -0.162. The Morgan fingerprint density at radius 3 is 2.42 bits per heavy atom. The van der Waals surface area contributed by atoms with Crippen LogP contribution in [0.25, 0.3) is 11.3 Å². The van der Waals surface area contributed by atoms with Gasteiger partial charge in [0.15, 0.2) is 17.1 Å². The Morgan fingerprint density at radius 1 is 1.21 bits per heavy atom. The molecule has 1 fully saturated rings. The molecular weight excluding hydrogens is 336 g/mol. The Labute approximate surface area is 142 Å². The number of carbonyl (C=O) groups is 2. The minimum absolute atomic E-state index is 0.0179. The lowest BCUT2D eigenvalue weighted by Crippen LogP contribution is -2.50. The van der Waals surface area contributed by atoms with E-state index in [1.807, 2.05) is 0 Å². The van der Waals surface area contributed by atoms with E-state index in [9.17, 15) is 14.7 Å². The lowest BCUT2D eigenvalue weighted by Gasteiger charge is -2.34. The second kappa shape index (κ2) is 6.26. The van der Waals surface area contributed by atoms with Crippen molar-refractivity contribution in [3.63, 3.8) is 0 Å². The molecule has 1 aliphatic heterocycles. The molecule has 1 saturated heterocycles. The number of carbonyl (C=O) groups excluding carboxylic acids is 1. The van der Waals surface area contributed by atoms with Gasteiger partial charge in [0.1, 0.15) is 0 Å². The molecule has 0 atom stereocenters. The van der Waals surface area contributed by atoms with E-state index in [4.69, 9.17) is 21.2 Å². The number of aliphatic hydroxyl groups is 1. The van der Waals surface area contributed by atoms with Gasteiger partial charge in [0.25, 0.3) is 5.91 Å². The summed E-state index contributed by atoms with van der Waals surface area (Å²) in [6.07, 6.45) is -0.0358. The molecule has 1 aliphatic rings. The number of aliphatic carboxylic acids is 1. The first-order chi connectivity index (χ1) is 11.4. The summed E-state index contributed by atoms with van der Waals surface area (Å²) < 4.78 is 5.20. The van der Waals surface area contributed by atoms with Gasteiger partial charge < -0.3 is 19.6 Å². The van der Waals surface area contributed by atoms with Crippen LogP contribution in [0.5, 0.6) is 0 Å². The van der Waals surface area contributed by atoms with Crippen LogP contribution in [0, 0.1) is 0 Å². The largest absolute Gasteiger partial charge is 0.479 e. The highest BCUT2D eigenvalue weighted by Gasteiger charge is 2.40. The van der Waals surface area contributed by atoms with Crippen molar-refractivity contribution in [1.82, 2.24) is 10.1 Å². The molecule has 2 aromatic rings. The van der Waals surface area contributed by atoms with Crippen LogP contribution in [-0.2, 0) is 4.79 Å². The van der Waals surface area contributed by atoms with Gasteiger partial charge >= 0.3 is 5.97 Å². The summed E-state index contributed by atoms with van der Waals surface area (Å²) in [7, 11) is 0. The fourth-order valence-electron chi connectivity index (χ4n) is 2.58. The zero-order chi connectivity index (χ0) is 17.3. The van der Waals surface area contributed by atoms with Crippen molar-refractivity contribution >= 4 is 23.5 Å². The molecule has 2 N–H and O–H groups in total. The topological polar surface area (TPSA) is 104 Å². The first-order valence-electron chi connectivity index (χ1n) is 7.37. The van der Waals surface area contributed by atoms with Crippen molar-refractivity contribution in [3.8, 4) is 11.3 Å². The fourth-order valence-corrected chi connectivity index (χ4v) is 2.71. The number of rotatable bonds is 3. The van der Waals surface area contributed by atoms with E-state index in [0.717, 1.165) is 5.56 Å². The average molecular weight is 351 g/mol. The monoisotopic (exact) mass is 350 g/mol. The SMILES string of the molecule is O=C(c1cc(-c2ccc(Cl)cc2)on1)N1CCC(O)(C(=O)O)CC1. The number of piperidine rings is 1. The molecule has 1 aromatic heterocycles. The molecule has 0 spiro atoms. The molecule has 0 bridgehead atoms. The summed E-state index contributed by atoms with van der Waals surface area (Å²) in [5, 5.41) is 23.3. The summed E-state index contributed by atoms with van der Waals surface area (Å²) in [6, 6.07) is 8.45. The summed E-state index contributed by atoms with van der Waals surface area (Å²) in [5.74, 6) is -1.18. The van der Waals surface area contributed by atoms with Crippen LogP contribution in [0.15, 0.2) is 34.9 Å². The molecule has 2 heterocycles. The van der Waals surface area contributed by atoms with E-state index in [0.29, 0.717) is 10.8 Å². The van der Waals surface area contributed by atoms with Crippen molar-refractivity contribution in [2.75, 3.05) is 13.1 Å². The van der Waals surface area contributed by atoms with Crippen LogP contribution in [0.1, 0.15) is 23.3 Å². The highest BCUT2D eigenvalue weighted by molar-refractivity contribution is 6.30. The normalized spacial score (nSPS) is 16.8. The number of aromatic nitrogens is 1. The molecule has 0 radical (unpaired) electrons. The molecule has 0 aliphatic carbocycles. The average Bonchev–Trinajstić information content (AvgIpc) is 3.05. The first kappa shape index (κ1) is 16.5. The smallest absolute Gasteiger partial charge is 0.335 e. The maximum Gasteiger partial charge on any atom is 0.335 e. The van der Waals surface area contributed by atoms with Gasteiger partial charge in [0, 0.05) is 42.6 Å². The second-order valence-corrected chi connectivity index (χ2v) is 6.15. The number of benzene rings is 1. The minimum atomic E-state index is -1.77. The van der Waals surface area contributed by atoms with E-state index in [1.54, 1.807) is 24.3 Å². The number of likely N-dealkylation sites (tertiary alicyclic amines) is 1. The molecule has 7 nitrogen and oxygen atoms in total. The molecule has 1 amide bonds. The second-order valence-electron chi connectivity index (χ2n) is 5.71. The van der Waals surface area contributed by atoms with Crippen molar-refractivity contribution < 1.29 is 24.3 Å². The van der Waals surface area contributed by atoms with Gasteiger partial charge in [-0.2, -0.15) is 0 Å². The highest BCUT2D eigenvalue weighted by Crippen LogP contribution is 2.26. The first-order valence-corrected chi connectivity index (χ1v) is 7.74. The Balaban J connectivity index is 1.71. The van der Waals surface area contributed by atoms with Crippen molar-refractivity contribution in [2.45, 2.75) is 18.4 Å². The number of hydrogen-bond acceptors (Lipinski definition) is 5. The number of halogens is 1. The van der Waals surface area contributed by atoms with Crippen LogP contribution in [-0.4, -0.2) is 50.8 Å². The molecule has 3 rings (SSSR count). The van der Waals surface area contributed by atoms with Crippen molar-refractivity contribution in [1.29, 1.82) is 0 Å². The van der Waals surface area contributed by atoms with E-state index < -0.39 is 11.6 Å². The number of carboxylic acids is 1. The van der Waals surface area contributed by atoms with Crippen LogP contribution >= 0.6 is 11.6 Å². The van der Waals surface area contributed by atoms with E-state index in [-0.39, 0.29) is 37.5 Å². The zero-order valence-corrected chi connectivity index (χ0v) is 13.4. The lowest BCUT2D eigenvalue weighted by atomic mass is 9.91. The van der Waals surface area contributed by atoms with Crippen LogP contribution in [0.4, 0.5) is 0 Å². The number of amides is 1. The molecule has 8 heteroatoms. The van der Waals surface area contributed by atoms with Gasteiger partial charge in [-0.05, 0) is 24.3 Å². The molecule has 0 saturated carbocycles. The molecular formula is C16H15ClN2O5. The third-order valence-electron chi connectivity index (χ3n) is 4.13. The standard InChI is InChI=1S/C16H15ClN2O5/c17-11-3-1-10(2-4-11)13-9-12(18-24-13)14(20)19-7-5-16(23,6-8-19)15(21)22/h1-4,9,23H,5-8H2,(H,21,22). The third kappa shape index (κ3) is 3.13. The van der Waals surface area contributed by atoms with Gasteiger partial charge in [0.2, 0.25) is 0 Å². The summed E-state index contributed by atoms with van der Waals surface area (Å²) in [6.45, 7) is 0.287.